The second-order valence-corrected chi connectivity index (χ2v) is 10.2. The summed E-state index contributed by atoms with van der Waals surface area (Å²) in [6, 6.07) is 13.0. The number of phenols is 1. The molecule has 4 aromatic rings. The topological polar surface area (TPSA) is 170 Å². The van der Waals surface area contributed by atoms with Crippen molar-refractivity contribution in [2.24, 2.45) is 0 Å². The van der Waals surface area contributed by atoms with Crippen molar-refractivity contribution in [3.05, 3.63) is 59.4 Å². The maximum atomic E-state index is 12.4. The molecule has 5 rings (SSSR count). The summed E-state index contributed by atoms with van der Waals surface area (Å²) in [6.45, 7) is 2.62. The maximum absolute atomic E-state index is 12.4. The Morgan fingerprint density at radius 1 is 1.07 bits per heavy atom. The summed E-state index contributed by atoms with van der Waals surface area (Å²) in [7, 11) is 0. The Bertz CT molecular complexity index is 1680. The first-order valence-corrected chi connectivity index (χ1v) is 13.9. The number of imide groups is 1. The first-order valence-electron chi connectivity index (χ1n) is 13.9. The Hall–Kier alpha value is -5.00. The van der Waals surface area contributed by atoms with Crippen molar-refractivity contribution >= 4 is 51.4 Å². The highest BCUT2D eigenvalue weighted by molar-refractivity contribution is 6.06. The van der Waals surface area contributed by atoms with E-state index >= 15 is 0 Å². The molecule has 0 atom stereocenters. The lowest BCUT2D eigenvalue weighted by Gasteiger charge is -2.14. The number of phenolic OH excluding ortho intramolecular Hbond substituents is 1. The summed E-state index contributed by atoms with van der Waals surface area (Å²) < 4.78 is 2.14. The van der Waals surface area contributed by atoms with Gasteiger partial charge in [-0.15, -0.1) is 5.06 Å². The van der Waals surface area contributed by atoms with Gasteiger partial charge < -0.3 is 25.6 Å². The van der Waals surface area contributed by atoms with Crippen molar-refractivity contribution in [2.45, 2.75) is 65.0 Å². The number of nitrogen functional groups attached to an aromatic ring is 1. The molecule has 12 nitrogen and oxygen atoms in total. The Morgan fingerprint density at radius 2 is 1.83 bits per heavy atom. The van der Waals surface area contributed by atoms with Crippen LogP contribution in [0.2, 0.25) is 0 Å². The van der Waals surface area contributed by atoms with Crippen LogP contribution in [0.3, 0.4) is 0 Å². The van der Waals surface area contributed by atoms with Crippen LogP contribution in [0.1, 0.15) is 62.4 Å². The molecule has 12 heteroatoms. The maximum Gasteiger partial charge on any atom is 0.333 e. The van der Waals surface area contributed by atoms with E-state index in [-0.39, 0.29) is 38.0 Å². The Labute approximate surface area is 241 Å². The lowest BCUT2D eigenvalue weighted by atomic mass is 10.1. The van der Waals surface area contributed by atoms with Crippen LogP contribution in [-0.4, -0.2) is 48.4 Å². The summed E-state index contributed by atoms with van der Waals surface area (Å²) in [6.07, 6.45) is 2.20. The number of hydroxylamine groups is 2. The number of carbonyl (C=O) groups excluding carboxylic acids is 4. The van der Waals surface area contributed by atoms with Crippen molar-refractivity contribution in [1.82, 2.24) is 24.9 Å². The summed E-state index contributed by atoms with van der Waals surface area (Å²) in [4.78, 5) is 61.8. The lowest BCUT2D eigenvalue weighted by molar-refractivity contribution is -0.197. The molecule has 0 saturated carbocycles. The molecule has 1 aliphatic rings. The van der Waals surface area contributed by atoms with Gasteiger partial charge in [0.15, 0.2) is 5.82 Å². The highest BCUT2D eigenvalue weighted by Gasteiger charge is 2.32. The zero-order valence-corrected chi connectivity index (χ0v) is 23.3. The fourth-order valence-electron chi connectivity index (χ4n) is 4.97. The minimum Gasteiger partial charge on any atom is -0.508 e. The molecule has 3 amide bonds. The number of hydrogen-bond donors (Lipinski definition) is 3. The van der Waals surface area contributed by atoms with Gasteiger partial charge in [0, 0.05) is 49.7 Å². The van der Waals surface area contributed by atoms with Crippen molar-refractivity contribution in [2.75, 3.05) is 5.73 Å². The summed E-state index contributed by atoms with van der Waals surface area (Å²) >= 11 is 0. The van der Waals surface area contributed by atoms with Crippen molar-refractivity contribution in [3.8, 4) is 5.75 Å². The normalized spacial score (nSPS) is 13.3. The Balaban J connectivity index is 1.30. The van der Waals surface area contributed by atoms with Gasteiger partial charge in [-0.25, -0.2) is 14.8 Å². The number of nitrogens with two attached hydrogens (primary N) is 1. The number of rotatable bonds is 11. The van der Waals surface area contributed by atoms with Gasteiger partial charge in [0.05, 0.1) is 17.5 Å². The number of fused-ring (bicyclic) bond motifs is 3. The number of anilines is 1. The first-order chi connectivity index (χ1) is 20.2. The molecule has 2 aromatic carbocycles. The number of benzene rings is 2. The average molecular weight is 573 g/mol. The molecule has 0 aliphatic carbocycles. The predicted molar refractivity (Wildman–Crippen MR) is 154 cm³/mol. The van der Waals surface area contributed by atoms with Gasteiger partial charge in [0.1, 0.15) is 17.1 Å². The molecule has 1 saturated heterocycles. The van der Waals surface area contributed by atoms with E-state index in [1.54, 1.807) is 6.07 Å². The number of nitrogens with zero attached hydrogens (tertiary/aromatic N) is 4. The number of pyridine rings is 1. The van der Waals surface area contributed by atoms with Crippen molar-refractivity contribution < 1.29 is 29.1 Å². The van der Waals surface area contributed by atoms with Crippen LogP contribution in [0.5, 0.6) is 5.75 Å². The number of para-hydroxylation sites is 1. The van der Waals surface area contributed by atoms with Gasteiger partial charge in [-0.2, -0.15) is 0 Å². The predicted octanol–water partition coefficient (Wildman–Crippen LogP) is 3.27. The molecule has 0 radical (unpaired) electrons. The summed E-state index contributed by atoms with van der Waals surface area (Å²) in [5.74, 6) is -1.18. The summed E-state index contributed by atoms with van der Waals surface area (Å²) in [5, 5.41) is 14.6. The number of imidazole rings is 1. The number of nitrogens with one attached hydrogen (secondary N) is 1. The second kappa shape index (κ2) is 12.2. The molecule has 2 aromatic heterocycles. The number of aryl methyl sites for hydroxylation is 1. The van der Waals surface area contributed by atoms with Crippen molar-refractivity contribution in [1.29, 1.82) is 0 Å². The van der Waals surface area contributed by atoms with E-state index in [9.17, 15) is 24.3 Å². The van der Waals surface area contributed by atoms with Crippen LogP contribution in [0, 0.1) is 0 Å². The number of aromatic hydroxyl groups is 1. The Kier molecular flexibility index (Phi) is 8.32. The van der Waals surface area contributed by atoms with Crippen LogP contribution in [0.4, 0.5) is 5.82 Å². The fourth-order valence-corrected chi connectivity index (χ4v) is 4.97. The monoisotopic (exact) mass is 572 g/mol. The van der Waals surface area contributed by atoms with Crippen LogP contribution in [0.25, 0.3) is 21.9 Å². The zero-order valence-electron chi connectivity index (χ0n) is 23.3. The van der Waals surface area contributed by atoms with Gasteiger partial charge in [-0.3, -0.25) is 14.4 Å². The quantitative estimate of drug-likeness (QED) is 0.228. The van der Waals surface area contributed by atoms with Crippen LogP contribution in [-0.2, 0) is 43.5 Å². The Morgan fingerprint density at radius 3 is 2.60 bits per heavy atom. The molecule has 0 spiro atoms. The van der Waals surface area contributed by atoms with Gasteiger partial charge >= 0.3 is 5.97 Å². The summed E-state index contributed by atoms with van der Waals surface area (Å²) in [5.41, 5.74) is 10.0. The molecule has 42 heavy (non-hydrogen) atoms. The second-order valence-electron chi connectivity index (χ2n) is 10.2. The highest BCUT2D eigenvalue weighted by atomic mass is 16.7. The van der Waals surface area contributed by atoms with Crippen LogP contribution < -0.4 is 11.1 Å². The van der Waals surface area contributed by atoms with Gasteiger partial charge in [0.2, 0.25) is 5.91 Å². The lowest BCUT2D eigenvalue weighted by Crippen LogP contribution is -2.32. The molecule has 218 valence electrons. The number of hydrogen-bond acceptors (Lipinski definition) is 9. The molecule has 1 fully saturated rings. The number of amides is 3. The SMILES string of the molecule is CCCCc1nc2c(N)nc3ccccc3c2n1Cc1ccc(O)c(CNC(=O)CCC(=O)ON2C(=O)CCC2=O)c1. The fraction of sp³-hybridized carbons (Fsp3) is 0.333. The molecule has 0 unspecified atom stereocenters. The smallest absolute Gasteiger partial charge is 0.333 e. The molecular formula is C30H32N6O6. The average Bonchev–Trinajstić information content (AvgIpc) is 3.50. The number of carbonyl (C=O) groups is 4. The van der Waals surface area contributed by atoms with Gasteiger partial charge in [0.25, 0.3) is 11.8 Å². The minimum atomic E-state index is -0.853. The third-order valence-electron chi connectivity index (χ3n) is 7.16. The highest BCUT2D eigenvalue weighted by Crippen LogP contribution is 2.30. The van der Waals surface area contributed by atoms with Gasteiger partial charge in [-0.05, 0) is 30.2 Å². The van der Waals surface area contributed by atoms with E-state index in [1.165, 1.54) is 0 Å². The zero-order chi connectivity index (χ0) is 29.8. The van der Waals surface area contributed by atoms with Crippen LogP contribution in [0.15, 0.2) is 42.5 Å². The van der Waals surface area contributed by atoms with Gasteiger partial charge in [-0.1, -0.05) is 37.6 Å². The van der Waals surface area contributed by atoms with Crippen LogP contribution >= 0.6 is 0 Å². The van der Waals surface area contributed by atoms with Crippen molar-refractivity contribution in [3.63, 3.8) is 0 Å². The minimum absolute atomic E-state index is 0.00582. The van der Waals surface area contributed by atoms with E-state index in [0.717, 1.165) is 47.1 Å². The number of unbranched alkanes of at least 4 members (excludes halogenated alkanes) is 1. The molecule has 0 bridgehead atoms. The van der Waals surface area contributed by atoms with E-state index in [4.69, 9.17) is 15.6 Å². The third-order valence-corrected chi connectivity index (χ3v) is 7.16. The molecule has 4 N–H and O–H groups in total. The molecule has 1 aliphatic heterocycles. The standard InChI is InChI=1S/C30H32N6O6/c1-2-3-8-23-34-28-29(20-6-4-5-7-21(20)33-30(28)31)35(23)17-18-9-10-22(37)19(15-18)16-32-24(38)11-14-27(41)42-36-25(39)12-13-26(36)40/h4-7,9-10,15,37H,2-3,8,11-14,16-17H2,1H3,(H2,31,33)(H,32,38). The molecule has 3 heterocycles. The van der Waals surface area contributed by atoms with E-state index in [2.05, 4.69) is 21.8 Å². The number of aromatic nitrogens is 3. The van der Waals surface area contributed by atoms with E-state index in [1.807, 2.05) is 36.4 Å². The third kappa shape index (κ3) is 6.02. The molecular weight excluding hydrogens is 540 g/mol. The first kappa shape index (κ1) is 28.5. The van der Waals surface area contributed by atoms with E-state index < -0.39 is 23.7 Å². The van der Waals surface area contributed by atoms with E-state index in [0.29, 0.717) is 28.5 Å². The largest absolute Gasteiger partial charge is 0.508 e.